The Bertz CT molecular complexity index is 1100. The van der Waals surface area contributed by atoms with E-state index in [2.05, 4.69) is 15.3 Å². The second-order valence-electron chi connectivity index (χ2n) is 6.39. The molecule has 1 unspecified atom stereocenters. The number of hydrogen-bond donors (Lipinski definition) is 1. The van der Waals surface area contributed by atoms with Crippen molar-refractivity contribution in [3.05, 3.63) is 76.0 Å². The van der Waals surface area contributed by atoms with E-state index >= 15 is 0 Å². The molecular weight excluding hydrogens is 382 g/mol. The first-order valence-electron chi connectivity index (χ1n) is 8.45. The van der Waals surface area contributed by atoms with Gasteiger partial charge in [0.2, 0.25) is 5.91 Å². The Morgan fingerprint density at radius 2 is 2.11 bits per heavy atom. The molecule has 0 radical (unpaired) electrons. The first kappa shape index (κ1) is 17.8. The molecule has 3 aromatic heterocycles. The van der Waals surface area contributed by atoms with Crippen molar-refractivity contribution >= 4 is 33.8 Å². The van der Waals surface area contributed by atoms with Gasteiger partial charge >= 0.3 is 0 Å². The Morgan fingerprint density at radius 3 is 2.81 bits per heavy atom. The normalized spacial score (nSPS) is 12.4. The number of amides is 1. The highest BCUT2D eigenvalue weighted by Crippen LogP contribution is 2.23. The van der Waals surface area contributed by atoms with Gasteiger partial charge in [0, 0.05) is 41.7 Å². The summed E-state index contributed by atoms with van der Waals surface area (Å²) in [7, 11) is 1.91. The Labute approximate surface area is 165 Å². The lowest BCUT2D eigenvalue weighted by molar-refractivity contribution is -0.121. The van der Waals surface area contributed by atoms with Gasteiger partial charge in [0.05, 0.1) is 12.1 Å². The summed E-state index contributed by atoms with van der Waals surface area (Å²) in [6.45, 7) is 1.95. The predicted octanol–water partition coefficient (Wildman–Crippen LogP) is 3.54. The molecule has 3 heterocycles. The summed E-state index contributed by atoms with van der Waals surface area (Å²) in [4.78, 5) is 22.6. The predicted molar refractivity (Wildman–Crippen MR) is 106 cm³/mol. The van der Waals surface area contributed by atoms with Crippen molar-refractivity contribution in [3.8, 4) is 0 Å². The monoisotopic (exact) mass is 399 g/mol. The molecule has 0 saturated carbocycles. The number of imidazole rings is 2. The number of hydrogen-bond acceptors (Lipinski definition) is 4. The van der Waals surface area contributed by atoms with Gasteiger partial charge in [0.15, 0.2) is 4.96 Å². The van der Waals surface area contributed by atoms with Gasteiger partial charge in [-0.2, -0.15) is 0 Å². The van der Waals surface area contributed by atoms with E-state index in [1.807, 2.05) is 65.0 Å². The van der Waals surface area contributed by atoms with Crippen LogP contribution in [-0.2, 0) is 18.3 Å². The third-order valence-electron chi connectivity index (χ3n) is 4.37. The number of halogens is 1. The fourth-order valence-corrected chi connectivity index (χ4v) is 4.10. The quantitative estimate of drug-likeness (QED) is 0.558. The summed E-state index contributed by atoms with van der Waals surface area (Å²) in [5.74, 6) is 0.684. The number of rotatable bonds is 5. The van der Waals surface area contributed by atoms with Crippen LogP contribution in [0.2, 0.25) is 5.02 Å². The Hall–Kier alpha value is -2.64. The van der Waals surface area contributed by atoms with Crippen LogP contribution < -0.4 is 5.32 Å². The highest BCUT2D eigenvalue weighted by Gasteiger charge is 2.21. The zero-order valence-electron chi connectivity index (χ0n) is 14.9. The number of carbonyl (C=O) groups is 1. The van der Waals surface area contributed by atoms with Gasteiger partial charge in [-0.1, -0.05) is 23.7 Å². The Morgan fingerprint density at radius 1 is 1.33 bits per heavy atom. The maximum absolute atomic E-state index is 12.8. The minimum absolute atomic E-state index is 0.0796. The molecule has 27 heavy (non-hydrogen) atoms. The molecule has 0 bridgehead atoms. The topological polar surface area (TPSA) is 64.2 Å². The third kappa shape index (κ3) is 3.61. The molecule has 0 aliphatic carbocycles. The molecule has 0 spiro atoms. The number of nitrogens with one attached hydrogen (secondary N) is 1. The van der Waals surface area contributed by atoms with Crippen LogP contribution in [0.1, 0.15) is 28.8 Å². The molecule has 8 heteroatoms. The molecular formula is C19H18ClN5OS. The standard InChI is InChI=1S/C19H18ClN5OS/c1-12-10-25-15(11-27-19(25)22-12)9-16(26)23-17(18-21-7-8-24(18)2)13-3-5-14(20)6-4-13/h3-8,10-11,17H,9H2,1-2H3,(H,23,26). The number of nitrogens with zero attached hydrogens (tertiary/aromatic N) is 4. The summed E-state index contributed by atoms with van der Waals surface area (Å²) < 4.78 is 3.87. The molecule has 1 amide bonds. The number of carbonyl (C=O) groups excluding carboxylic acids is 1. The van der Waals surface area contributed by atoms with Crippen molar-refractivity contribution in [2.24, 2.45) is 7.05 Å². The lowest BCUT2D eigenvalue weighted by Gasteiger charge is -2.19. The largest absolute Gasteiger partial charge is 0.342 e. The minimum atomic E-state index is -0.353. The zero-order chi connectivity index (χ0) is 19.0. The van der Waals surface area contributed by atoms with Gasteiger partial charge in [-0.15, -0.1) is 11.3 Å². The molecule has 138 valence electrons. The maximum Gasteiger partial charge on any atom is 0.226 e. The number of aryl methyl sites for hydroxylation is 2. The molecule has 6 nitrogen and oxygen atoms in total. The number of aromatic nitrogens is 4. The minimum Gasteiger partial charge on any atom is -0.342 e. The number of benzene rings is 1. The average Bonchev–Trinajstić information content (AvgIpc) is 3.31. The summed E-state index contributed by atoms with van der Waals surface area (Å²) in [6, 6.07) is 7.09. The second kappa shape index (κ2) is 7.17. The van der Waals surface area contributed by atoms with Crippen molar-refractivity contribution in [1.29, 1.82) is 0 Å². The second-order valence-corrected chi connectivity index (χ2v) is 7.66. The molecule has 0 aliphatic heterocycles. The van der Waals surface area contributed by atoms with Crippen LogP contribution in [0.3, 0.4) is 0 Å². The van der Waals surface area contributed by atoms with Crippen LogP contribution in [-0.4, -0.2) is 24.8 Å². The molecule has 1 aromatic carbocycles. The van der Waals surface area contributed by atoms with E-state index in [1.54, 1.807) is 6.20 Å². The van der Waals surface area contributed by atoms with Crippen molar-refractivity contribution < 1.29 is 4.79 Å². The van der Waals surface area contributed by atoms with E-state index < -0.39 is 0 Å². The van der Waals surface area contributed by atoms with Gasteiger partial charge in [-0.05, 0) is 24.6 Å². The zero-order valence-corrected chi connectivity index (χ0v) is 16.5. The van der Waals surface area contributed by atoms with E-state index in [4.69, 9.17) is 11.6 Å². The van der Waals surface area contributed by atoms with Crippen LogP contribution in [0.25, 0.3) is 4.96 Å². The fraction of sp³-hybridized carbons (Fsp3) is 0.211. The van der Waals surface area contributed by atoms with Gasteiger partial charge in [0.25, 0.3) is 0 Å². The van der Waals surface area contributed by atoms with Crippen LogP contribution in [0.15, 0.2) is 48.2 Å². The van der Waals surface area contributed by atoms with E-state index in [-0.39, 0.29) is 18.4 Å². The SMILES string of the molecule is Cc1cn2c(CC(=O)NC(c3ccc(Cl)cc3)c3nccn3C)csc2n1. The maximum atomic E-state index is 12.8. The van der Waals surface area contributed by atoms with Gasteiger partial charge in [-0.25, -0.2) is 9.97 Å². The van der Waals surface area contributed by atoms with Gasteiger partial charge < -0.3 is 9.88 Å². The molecule has 4 rings (SSSR count). The highest BCUT2D eigenvalue weighted by molar-refractivity contribution is 7.15. The first-order valence-corrected chi connectivity index (χ1v) is 9.71. The first-order chi connectivity index (χ1) is 13.0. The van der Waals surface area contributed by atoms with E-state index in [9.17, 15) is 4.79 Å². The number of thiazole rings is 1. The van der Waals surface area contributed by atoms with Crippen molar-refractivity contribution in [2.45, 2.75) is 19.4 Å². The van der Waals surface area contributed by atoms with E-state index in [0.29, 0.717) is 5.02 Å². The van der Waals surface area contributed by atoms with Crippen LogP contribution in [0.5, 0.6) is 0 Å². The number of fused-ring (bicyclic) bond motifs is 1. The Balaban J connectivity index is 1.60. The average molecular weight is 400 g/mol. The summed E-state index contributed by atoms with van der Waals surface area (Å²) in [5, 5.41) is 5.74. The van der Waals surface area contributed by atoms with E-state index in [1.165, 1.54) is 11.3 Å². The lowest BCUT2D eigenvalue weighted by Crippen LogP contribution is -2.32. The van der Waals surface area contributed by atoms with Crippen LogP contribution >= 0.6 is 22.9 Å². The lowest BCUT2D eigenvalue weighted by atomic mass is 10.1. The molecule has 1 N–H and O–H groups in total. The summed E-state index contributed by atoms with van der Waals surface area (Å²) in [6.07, 6.45) is 5.80. The molecule has 0 aliphatic rings. The van der Waals surface area contributed by atoms with Crippen molar-refractivity contribution in [3.63, 3.8) is 0 Å². The Kier molecular flexibility index (Phi) is 4.72. The summed E-state index contributed by atoms with van der Waals surface area (Å²) in [5.41, 5.74) is 2.79. The molecule has 0 fully saturated rings. The molecule has 0 saturated heterocycles. The molecule has 4 aromatic rings. The smallest absolute Gasteiger partial charge is 0.226 e. The van der Waals surface area contributed by atoms with Crippen LogP contribution in [0.4, 0.5) is 0 Å². The van der Waals surface area contributed by atoms with E-state index in [0.717, 1.165) is 27.7 Å². The van der Waals surface area contributed by atoms with Crippen LogP contribution in [0, 0.1) is 6.92 Å². The van der Waals surface area contributed by atoms with Gasteiger partial charge in [0.1, 0.15) is 11.9 Å². The fourth-order valence-electron chi connectivity index (χ4n) is 3.05. The van der Waals surface area contributed by atoms with Crippen molar-refractivity contribution in [2.75, 3.05) is 0 Å². The van der Waals surface area contributed by atoms with Crippen molar-refractivity contribution in [1.82, 2.24) is 24.3 Å². The highest BCUT2D eigenvalue weighted by atomic mass is 35.5. The summed E-state index contributed by atoms with van der Waals surface area (Å²) >= 11 is 7.55. The molecule has 1 atom stereocenters. The third-order valence-corrected chi connectivity index (χ3v) is 5.51. The van der Waals surface area contributed by atoms with Gasteiger partial charge in [-0.3, -0.25) is 9.20 Å².